The molecule has 0 aromatic heterocycles. The first-order chi connectivity index (χ1) is 6.22. The topological polar surface area (TPSA) is 18.5 Å². The first-order valence-electron chi connectivity index (χ1n) is 4.93. The van der Waals surface area contributed by atoms with Crippen LogP contribution >= 0.6 is 0 Å². The molecule has 1 N–H and O–H groups in total. The fourth-order valence-electron chi connectivity index (χ4n) is 1.81. The summed E-state index contributed by atoms with van der Waals surface area (Å²) < 4.78 is 0. The van der Waals surface area contributed by atoms with Crippen molar-refractivity contribution in [1.82, 2.24) is 15.1 Å². The van der Waals surface area contributed by atoms with Crippen molar-refractivity contribution in [3.63, 3.8) is 0 Å². The number of piperazine rings is 1. The van der Waals surface area contributed by atoms with Gasteiger partial charge in [-0.3, -0.25) is 4.90 Å². The van der Waals surface area contributed by atoms with E-state index >= 15 is 0 Å². The van der Waals surface area contributed by atoms with Crippen LogP contribution in [0, 0.1) is 0 Å². The van der Waals surface area contributed by atoms with Crippen LogP contribution in [-0.4, -0.2) is 62.7 Å². The fraction of sp³-hybridized carbons (Fsp3) is 0.800. The van der Waals surface area contributed by atoms with E-state index in [9.17, 15) is 0 Å². The van der Waals surface area contributed by atoms with Crippen LogP contribution in [-0.2, 0) is 0 Å². The smallest absolute Gasteiger partial charge is 0.0323 e. The molecule has 13 heavy (non-hydrogen) atoms. The number of likely N-dealkylation sites (N-methyl/N-ethyl adjacent to an activating group) is 1. The highest BCUT2D eigenvalue weighted by Gasteiger charge is 2.18. The van der Waals surface area contributed by atoms with Crippen molar-refractivity contribution >= 4 is 0 Å². The first kappa shape index (κ1) is 10.7. The van der Waals surface area contributed by atoms with E-state index in [4.69, 9.17) is 0 Å². The van der Waals surface area contributed by atoms with E-state index in [1.807, 2.05) is 6.08 Å². The summed E-state index contributed by atoms with van der Waals surface area (Å²) in [5, 5.41) is 3.52. The second kappa shape index (κ2) is 5.37. The van der Waals surface area contributed by atoms with Gasteiger partial charge >= 0.3 is 0 Å². The highest BCUT2D eigenvalue weighted by molar-refractivity contribution is 4.83. The van der Waals surface area contributed by atoms with Gasteiger partial charge in [0.2, 0.25) is 0 Å². The molecule has 1 unspecified atom stereocenters. The van der Waals surface area contributed by atoms with Crippen molar-refractivity contribution < 1.29 is 0 Å². The predicted molar refractivity (Wildman–Crippen MR) is 57.0 cm³/mol. The minimum atomic E-state index is 0.615. The van der Waals surface area contributed by atoms with Gasteiger partial charge in [-0.2, -0.15) is 0 Å². The maximum atomic E-state index is 3.77. The Morgan fingerprint density at radius 1 is 1.62 bits per heavy atom. The van der Waals surface area contributed by atoms with Crippen molar-refractivity contribution in [2.24, 2.45) is 0 Å². The molecule has 1 rings (SSSR count). The molecule has 1 saturated heterocycles. The third-order valence-electron chi connectivity index (χ3n) is 2.31. The minimum Gasteiger partial charge on any atom is -0.310 e. The van der Waals surface area contributed by atoms with Gasteiger partial charge in [-0.25, -0.2) is 0 Å². The van der Waals surface area contributed by atoms with Gasteiger partial charge in [-0.15, -0.1) is 6.58 Å². The third-order valence-corrected chi connectivity index (χ3v) is 2.31. The SMILES string of the molecule is C=CCN1CCNC(CN(C)C)C1. The second-order valence-corrected chi connectivity index (χ2v) is 3.96. The molecule has 0 radical (unpaired) electrons. The van der Waals surface area contributed by atoms with Crippen molar-refractivity contribution in [3.8, 4) is 0 Å². The number of rotatable bonds is 4. The molecule has 0 aromatic rings. The Kier molecular flexibility index (Phi) is 4.42. The molecule has 76 valence electrons. The number of hydrogen-bond donors (Lipinski definition) is 1. The highest BCUT2D eigenvalue weighted by atomic mass is 15.2. The van der Waals surface area contributed by atoms with Crippen LogP contribution < -0.4 is 5.32 Å². The number of hydrogen-bond acceptors (Lipinski definition) is 3. The number of nitrogens with zero attached hydrogens (tertiary/aromatic N) is 2. The maximum Gasteiger partial charge on any atom is 0.0323 e. The molecule has 0 spiro atoms. The summed E-state index contributed by atoms with van der Waals surface area (Å²) in [7, 11) is 4.24. The Hall–Kier alpha value is -0.380. The zero-order chi connectivity index (χ0) is 9.68. The van der Waals surface area contributed by atoms with E-state index in [-0.39, 0.29) is 0 Å². The van der Waals surface area contributed by atoms with Crippen LogP contribution in [0.2, 0.25) is 0 Å². The zero-order valence-electron chi connectivity index (χ0n) is 8.79. The predicted octanol–water partition coefficient (Wildman–Crippen LogP) is 0.00780. The molecular weight excluding hydrogens is 162 g/mol. The van der Waals surface area contributed by atoms with Gasteiger partial charge in [0, 0.05) is 38.8 Å². The van der Waals surface area contributed by atoms with Gasteiger partial charge in [0.05, 0.1) is 0 Å². The van der Waals surface area contributed by atoms with E-state index in [0.29, 0.717) is 6.04 Å². The molecule has 3 nitrogen and oxygen atoms in total. The van der Waals surface area contributed by atoms with E-state index in [0.717, 1.165) is 32.7 Å². The molecule has 0 saturated carbocycles. The minimum absolute atomic E-state index is 0.615. The van der Waals surface area contributed by atoms with Gasteiger partial charge in [-0.1, -0.05) is 6.08 Å². The van der Waals surface area contributed by atoms with E-state index in [1.165, 1.54) is 0 Å². The largest absolute Gasteiger partial charge is 0.310 e. The summed E-state index contributed by atoms with van der Waals surface area (Å²) in [6, 6.07) is 0.615. The first-order valence-corrected chi connectivity index (χ1v) is 4.93. The molecule has 0 amide bonds. The van der Waals surface area contributed by atoms with Gasteiger partial charge in [0.15, 0.2) is 0 Å². The lowest BCUT2D eigenvalue weighted by Gasteiger charge is -2.34. The van der Waals surface area contributed by atoms with Gasteiger partial charge in [0.25, 0.3) is 0 Å². The van der Waals surface area contributed by atoms with Gasteiger partial charge in [0.1, 0.15) is 0 Å². The molecular formula is C10H21N3. The van der Waals surface area contributed by atoms with Crippen LogP contribution in [0.5, 0.6) is 0 Å². The normalized spacial score (nSPS) is 25.0. The summed E-state index contributed by atoms with van der Waals surface area (Å²) in [5.74, 6) is 0. The quantitative estimate of drug-likeness (QED) is 0.619. The Morgan fingerprint density at radius 3 is 3.00 bits per heavy atom. The molecule has 1 fully saturated rings. The average Bonchev–Trinajstić information content (AvgIpc) is 2.04. The average molecular weight is 183 g/mol. The van der Waals surface area contributed by atoms with Crippen LogP contribution in [0.1, 0.15) is 0 Å². The Balaban J connectivity index is 2.28. The van der Waals surface area contributed by atoms with Crippen LogP contribution in [0.4, 0.5) is 0 Å². The molecule has 0 bridgehead atoms. The second-order valence-electron chi connectivity index (χ2n) is 3.96. The van der Waals surface area contributed by atoms with E-state index < -0.39 is 0 Å². The fourth-order valence-corrected chi connectivity index (χ4v) is 1.81. The van der Waals surface area contributed by atoms with E-state index in [1.54, 1.807) is 0 Å². The maximum absolute atomic E-state index is 3.77. The van der Waals surface area contributed by atoms with Crippen LogP contribution in [0.3, 0.4) is 0 Å². The molecule has 1 heterocycles. The van der Waals surface area contributed by atoms with Crippen molar-refractivity contribution in [2.45, 2.75) is 6.04 Å². The van der Waals surface area contributed by atoms with Crippen molar-refractivity contribution in [1.29, 1.82) is 0 Å². The lowest BCUT2D eigenvalue weighted by atomic mass is 10.2. The summed E-state index contributed by atoms with van der Waals surface area (Å²) in [6.45, 7) is 9.30. The summed E-state index contributed by atoms with van der Waals surface area (Å²) >= 11 is 0. The lowest BCUT2D eigenvalue weighted by molar-refractivity contribution is 0.192. The standard InChI is InChI=1S/C10H21N3/c1-4-6-13-7-5-11-10(9-13)8-12(2)3/h4,10-11H,1,5-9H2,2-3H3. The Morgan fingerprint density at radius 2 is 2.38 bits per heavy atom. The Labute approximate surface area is 81.4 Å². The number of nitrogens with one attached hydrogen (secondary N) is 1. The molecule has 1 atom stereocenters. The van der Waals surface area contributed by atoms with Gasteiger partial charge in [-0.05, 0) is 14.1 Å². The summed E-state index contributed by atoms with van der Waals surface area (Å²) in [4.78, 5) is 4.67. The van der Waals surface area contributed by atoms with Crippen molar-refractivity contribution in [2.75, 3.05) is 46.8 Å². The monoisotopic (exact) mass is 183 g/mol. The van der Waals surface area contributed by atoms with Crippen LogP contribution in [0.15, 0.2) is 12.7 Å². The van der Waals surface area contributed by atoms with E-state index in [2.05, 4.69) is 35.8 Å². The molecule has 3 heteroatoms. The van der Waals surface area contributed by atoms with Gasteiger partial charge < -0.3 is 10.2 Å². The Bertz CT molecular complexity index is 156. The molecule has 0 aromatic carbocycles. The molecule has 0 aliphatic carbocycles. The zero-order valence-corrected chi connectivity index (χ0v) is 8.79. The molecule has 1 aliphatic rings. The highest BCUT2D eigenvalue weighted by Crippen LogP contribution is 1.99. The lowest BCUT2D eigenvalue weighted by Crippen LogP contribution is -2.54. The molecule has 1 aliphatic heterocycles. The third kappa shape index (κ3) is 3.89. The summed E-state index contributed by atoms with van der Waals surface area (Å²) in [6.07, 6.45) is 1.98. The van der Waals surface area contributed by atoms with Crippen LogP contribution in [0.25, 0.3) is 0 Å². The van der Waals surface area contributed by atoms with Crippen molar-refractivity contribution in [3.05, 3.63) is 12.7 Å². The summed E-state index contributed by atoms with van der Waals surface area (Å²) in [5.41, 5.74) is 0.